The number of aryl methyl sites for hydroxylation is 1. The van der Waals surface area contributed by atoms with Crippen molar-refractivity contribution in [1.82, 2.24) is 0 Å². The van der Waals surface area contributed by atoms with Crippen molar-refractivity contribution in [3.63, 3.8) is 0 Å². The quantitative estimate of drug-likeness (QED) is 0.0755. The fraction of sp³-hybridized carbons (Fsp3) is 0.158. The van der Waals surface area contributed by atoms with Crippen molar-refractivity contribution in [2.75, 3.05) is 0 Å². The molecule has 0 spiro atoms. The van der Waals surface area contributed by atoms with Crippen molar-refractivity contribution in [2.45, 2.75) is 38.7 Å². The summed E-state index contributed by atoms with van der Waals surface area (Å²) in [5, 5.41) is -0.128. The molecule has 0 unspecified atom stereocenters. The van der Waals surface area contributed by atoms with Crippen molar-refractivity contribution < 1.29 is 44.3 Å². The molecule has 0 saturated heterocycles. The Morgan fingerprint density at radius 1 is 0.633 bits per heavy atom. The van der Waals surface area contributed by atoms with Crippen molar-refractivity contribution >= 4 is 17.7 Å². The predicted molar refractivity (Wildman–Crippen MR) is 172 cm³/mol. The van der Waals surface area contributed by atoms with Gasteiger partial charge in [0.2, 0.25) is 0 Å². The fourth-order valence-corrected chi connectivity index (χ4v) is 5.54. The lowest BCUT2D eigenvalue weighted by molar-refractivity contribution is -0.131. The van der Waals surface area contributed by atoms with Crippen LogP contribution in [0.25, 0.3) is 39.5 Å². The van der Waals surface area contributed by atoms with Gasteiger partial charge in [0.05, 0.1) is 5.02 Å². The number of rotatable bonds is 11. The van der Waals surface area contributed by atoms with Gasteiger partial charge in [0.25, 0.3) is 0 Å². The summed E-state index contributed by atoms with van der Waals surface area (Å²) in [7, 11) is 0. The van der Waals surface area contributed by atoms with Crippen LogP contribution >= 0.6 is 11.6 Å². The van der Waals surface area contributed by atoms with Gasteiger partial charge in [0.15, 0.2) is 17.5 Å². The van der Waals surface area contributed by atoms with Crippen LogP contribution in [-0.4, -0.2) is 6.11 Å². The Kier molecular flexibility index (Phi) is 10.8. The van der Waals surface area contributed by atoms with E-state index in [4.69, 9.17) is 11.6 Å². The van der Waals surface area contributed by atoms with E-state index < -0.39 is 69.3 Å². The SMILES string of the molecule is CCCCCc1ccc(-c2cc(F)c(-c3cc(F)c(C=CC(F)(F)Oc4ccc(-c5cc(F)c(F)c(F)c5)c(F)c4)c(F)c3)c(Cl)c2)cc1. The van der Waals surface area contributed by atoms with Gasteiger partial charge < -0.3 is 4.74 Å². The molecule has 0 heterocycles. The zero-order chi connectivity index (χ0) is 35.5. The largest absolute Gasteiger partial charge is 0.429 e. The van der Waals surface area contributed by atoms with Crippen molar-refractivity contribution in [3.05, 3.63) is 142 Å². The van der Waals surface area contributed by atoms with Crippen LogP contribution in [0.3, 0.4) is 0 Å². The van der Waals surface area contributed by atoms with Crippen LogP contribution in [0.15, 0.2) is 84.9 Å². The first-order valence-electron chi connectivity index (χ1n) is 15.0. The van der Waals surface area contributed by atoms with Crippen LogP contribution in [0.5, 0.6) is 5.75 Å². The average molecular weight is 705 g/mol. The average Bonchev–Trinajstić information content (AvgIpc) is 3.03. The highest BCUT2D eigenvalue weighted by molar-refractivity contribution is 6.33. The van der Waals surface area contributed by atoms with E-state index in [1.54, 1.807) is 0 Å². The molecule has 0 aliphatic heterocycles. The molecular weight excluding hydrogens is 679 g/mol. The van der Waals surface area contributed by atoms with Gasteiger partial charge in [0, 0.05) is 28.8 Å². The lowest BCUT2D eigenvalue weighted by Crippen LogP contribution is -2.21. The van der Waals surface area contributed by atoms with E-state index in [2.05, 4.69) is 11.7 Å². The minimum atomic E-state index is -4.22. The van der Waals surface area contributed by atoms with Crippen LogP contribution in [0.1, 0.15) is 37.3 Å². The Morgan fingerprint density at radius 2 is 1.24 bits per heavy atom. The van der Waals surface area contributed by atoms with Crippen LogP contribution in [0.4, 0.5) is 39.5 Å². The van der Waals surface area contributed by atoms with Gasteiger partial charge in [-0.25, -0.2) is 30.7 Å². The molecule has 5 aromatic carbocycles. The molecule has 0 radical (unpaired) electrons. The zero-order valence-corrected chi connectivity index (χ0v) is 26.4. The zero-order valence-electron chi connectivity index (χ0n) is 25.7. The van der Waals surface area contributed by atoms with Gasteiger partial charge in [-0.3, -0.25) is 0 Å². The second-order valence-corrected chi connectivity index (χ2v) is 11.6. The molecule has 0 atom stereocenters. The number of alkyl halides is 2. The number of ether oxygens (including phenoxy) is 1. The van der Waals surface area contributed by atoms with E-state index in [1.807, 2.05) is 24.3 Å². The molecule has 5 aromatic rings. The summed E-state index contributed by atoms with van der Waals surface area (Å²) in [5.74, 6) is -10.4. The van der Waals surface area contributed by atoms with Gasteiger partial charge in [-0.05, 0) is 95.3 Å². The Labute approximate surface area is 281 Å². The molecule has 0 aliphatic rings. The molecule has 49 heavy (non-hydrogen) atoms. The Hall–Kier alpha value is -4.70. The minimum Gasteiger partial charge on any atom is -0.429 e. The summed E-state index contributed by atoms with van der Waals surface area (Å²) in [4.78, 5) is 0. The standard InChI is InChI=1S/C38H26ClF9O/c1-2-3-4-5-21-6-8-22(9-7-21)23-14-29(39)36(33(43)15-23)25-18-30(40)28(31(41)19-25)12-13-38(47,48)49-26-10-11-27(32(42)20-26)24-16-34(44)37(46)35(45)17-24/h6-20H,2-5H2,1H3. The Bertz CT molecular complexity index is 1950. The van der Waals surface area contributed by atoms with Crippen LogP contribution in [0, 0.1) is 40.7 Å². The highest BCUT2D eigenvalue weighted by Gasteiger charge is 2.29. The summed E-state index contributed by atoms with van der Waals surface area (Å²) >= 11 is 6.36. The number of unbranched alkanes of at least 4 members (excludes halogenated alkanes) is 2. The molecule has 0 fully saturated rings. The summed E-state index contributed by atoms with van der Waals surface area (Å²) in [6.45, 7) is 2.12. The molecule has 0 bridgehead atoms. The van der Waals surface area contributed by atoms with E-state index in [-0.39, 0.29) is 22.2 Å². The van der Waals surface area contributed by atoms with E-state index in [0.717, 1.165) is 55.5 Å². The maximum Gasteiger partial charge on any atom is 0.419 e. The normalized spacial score (nSPS) is 11.8. The van der Waals surface area contributed by atoms with E-state index >= 15 is 13.2 Å². The maximum absolute atomic E-state index is 15.3. The first kappa shape index (κ1) is 35.6. The third-order valence-electron chi connectivity index (χ3n) is 7.70. The third kappa shape index (κ3) is 8.31. The molecule has 1 nitrogen and oxygen atoms in total. The maximum atomic E-state index is 15.3. The number of hydrogen-bond donors (Lipinski definition) is 0. The molecule has 254 valence electrons. The van der Waals surface area contributed by atoms with Crippen molar-refractivity contribution in [2.24, 2.45) is 0 Å². The number of hydrogen-bond acceptors (Lipinski definition) is 1. The fourth-order valence-electron chi connectivity index (χ4n) is 5.22. The van der Waals surface area contributed by atoms with E-state index in [1.165, 1.54) is 12.1 Å². The van der Waals surface area contributed by atoms with Crippen molar-refractivity contribution in [1.29, 1.82) is 0 Å². The van der Waals surface area contributed by atoms with Gasteiger partial charge in [-0.2, -0.15) is 8.78 Å². The molecule has 0 aliphatic carbocycles. The molecular formula is C38H26ClF9O. The first-order chi connectivity index (χ1) is 23.3. The lowest BCUT2D eigenvalue weighted by atomic mass is 9.97. The molecule has 0 saturated carbocycles. The van der Waals surface area contributed by atoms with Gasteiger partial charge in [-0.15, -0.1) is 0 Å². The van der Waals surface area contributed by atoms with Crippen LogP contribution in [0.2, 0.25) is 5.02 Å². The third-order valence-corrected chi connectivity index (χ3v) is 8.00. The second kappa shape index (κ2) is 14.8. The molecule has 0 N–H and O–H groups in total. The Morgan fingerprint density at radius 3 is 1.84 bits per heavy atom. The first-order valence-corrected chi connectivity index (χ1v) is 15.4. The highest BCUT2D eigenvalue weighted by Crippen LogP contribution is 2.37. The summed E-state index contributed by atoms with van der Waals surface area (Å²) in [6, 6.07) is 14.9. The molecule has 5 rings (SSSR count). The molecule has 0 amide bonds. The predicted octanol–water partition coefficient (Wildman–Crippen LogP) is 12.7. The molecule has 11 heteroatoms. The summed E-state index contributed by atoms with van der Waals surface area (Å²) < 4.78 is 134. The summed E-state index contributed by atoms with van der Waals surface area (Å²) in [5.41, 5.74) is -0.0406. The van der Waals surface area contributed by atoms with E-state index in [9.17, 15) is 26.3 Å². The second-order valence-electron chi connectivity index (χ2n) is 11.2. The smallest absolute Gasteiger partial charge is 0.419 e. The Balaban J connectivity index is 1.33. The topological polar surface area (TPSA) is 9.23 Å². The van der Waals surface area contributed by atoms with Crippen LogP contribution in [-0.2, 0) is 6.42 Å². The molecule has 0 aromatic heterocycles. The lowest BCUT2D eigenvalue weighted by Gasteiger charge is -2.15. The minimum absolute atomic E-state index is 0.0160. The number of benzene rings is 5. The van der Waals surface area contributed by atoms with Gasteiger partial charge >= 0.3 is 6.11 Å². The van der Waals surface area contributed by atoms with Crippen molar-refractivity contribution in [3.8, 4) is 39.1 Å². The van der Waals surface area contributed by atoms with Crippen LogP contribution < -0.4 is 4.74 Å². The van der Waals surface area contributed by atoms with E-state index in [0.29, 0.717) is 35.4 Å². The summed E-state index contributed by atoms with van der Waals surface area (Å²) in [6.07, 6.45) is 0.364. The van der Waals surface area contributed by atoms with Gasteiger partial charge in [0.1, 0.15) is 29.0 Å². The monoisotopic (exact) mass is 704 g/mol. The number of halogens is 10. The highest BCUT2D eigenvalue weighted by atomic mass is 35.5. The van der Waals surface area contributed by atoms with Gasteiger partial charge in [-0.1, -0.05) is 55.6 Å².